The Labute approximate surface area is 86.9 Å². The lowest BCUT2D eigenvalue weighted by Gasteiger charge is -1.99. The van der Waals surface area contributed by atoms with Crippen LogP contribution in [0.5, 0.6) is 0 Å². The standard InChI is InChI=1S/C10H9ClN2O/c11-10-4-2-1-3-8(10)5-6-9(14)7-13-12/h1-4,7H,5-6H2. The fourth-order valence-corrected chi connectivity index (χ4v) is 1.32. The number of rotatable bonds is 4. The number of hydrogen-bond donors (Lipinski definition) is 0. The van der Waals surface area contributed by atoms with Crippen LogP contribution in [0.25, 0.3) is 5.53 Å². The predicted octanol–water partition coefficient (Wildman–Crippen LogP) is 2.14. The van der Waals surface area contributed by atoms with Crippen molar-refractivity contribution in [2.75, 3.05) is 0 Å². The molecule has 3 nitrogen and oxygen atoms in total. The Morgan fingerprint density at radius 1 is 1.50 bits per heavy atom. The number of hydrogen-bond acceptors (Lipinski definition) is 1. The fourth-order valence-electron chi connectivity index (χ4n) is 1.09. The van der Waals surface area contributed by atoms with Crippen molar-refractivity contribution in [2.45, 2.75) is 12.8 Å². The molecule has 1 rings (SSSR count). The van der Waals surface area contributed by atoms with Crippen LogP contribution in [0.3, 0.4) is 0 Å². The first-order valence-corrected chi connectivity index (χ1v) is 4.55. The molecule has 1 aromatic carbocycles. The lowest BCUT2D eigenvalue weighted by atomic mass is 10.1. The zero-order valence-corrected chi connectivity index (χ0v) is 8.24. The summed E-state index contributed by atoms with van der Waals surface area (Å²) >= 11 is 5.89. The van der Waals surface area contributed by atoms with Crippen molar-refractivity contribution in [1.29, 1.82) is 0 Å². The van der Waals surface area contributed by atoms with Crippen molar-refractivity contribution in [3.05, 3.63) is 40.4 Å². The molecule has 0 heterocycles. The van der Waals surface area contributed by atoms with Crippen molar-refractivity contribution < 1.29 is 9.58 Å². The van der Waals surface area contributed by atoms with E-state index < -0.39 is 0 Å². The number of aryl methyl sites for hydroxylation is 1. The molecule has 1 aromatic rings. The molecule has 0 aliphatic heterocycles. The van der Waals surface area contributed by atoms with Gasteiger partial charge in [-0.2, -0.15) is 4.79 Å². The van der Waals surface area contributed by atoms with E-state index in [-0.39, 0.29) is 5.78 Å². The van der Waals surface area contributed by atoms with Gasteiger partial charge < -0.3 is 5.53 Å². The van der Waals surface area contributed by atoms with E-state index in [1.165, 1.54) is 0 Å². The second-order valence-electron chi connectivity index (χ2n) is 2.80. The smallest absolute Gasteiger partial charge is 0.323 e. The first-order valence-electron chi connectivity index (χ1n) is 4.17. The molecule has 0 radical (unpaired) electrons. The molecule has 14 heavy (non-hydrogen) atoms. The summed E-state index contributed by atoms with van der Waals surface area (Å²) in [5, 5.41) is 0.654. The number of Topliss-reactive ketones (excluding diaryl/α,β-unsaturated/α-hetero) is 1. The summed E-state index contributed by atoms with van der Waals surface area (Å²) in [5.74, 6) is -0.215. The molecule has 0 saturated heterocycles. The van der Waals surface area contributed by atoms with Crippen molar-refractivity contribution in [3.63, 3.8) is 0 Å². The van der Waals surface area contributed by atoms with Crippen LogP contribution >= 0.6 is 11.6 Å². The van der Waals surface area contributed by atoms with Gasteiger partial charge in [0.05, 0.1) is 0 Å². The van der Waals surface area contributed by atoms with Crippen LogP contribution < -0.4 is 0 Å². The number of benzene rings is 1. The summed E-state index contributed by atoms with van der Waals surface area (Å²) in [6, 6.07) is 7.35. The fraction of sp³-hybridized carbons (Fsp3) is 0.200. The third-order valence-corrected chi connectivity index (χ3v) is 2.17. The van der Waals surface area contributed by atoms with Gasteiger partial charge in [0, 0.05) is 11.4 Å². The summed E-state index contributed by atoms with van der Waals surface area (Å²) in [6.45, 7) is 0. The minimum Gasteiger partial charge on any atom is -0.361 e. The van der Waals surface area contributed by atoms with Gasteiger partial charge >= 0.3 is 6.21 Å². The second kappa shape index (κ2) is 5.32. The molecule has 0 spiro atoms. The number of carbonyl (C=O) groups is 1. The summed E-state index contributed by atoms with van der Waals surface area (Å²) in [5.41, 5.74) is 9.04. The molecule has 0 aromatic heterocycles. The molecule has 0 N–H and O–H groups in total. The maximum Gasteiger partial charge on any atom is 0.323 e. The third-order valence-electron chi connectivity index (χ3n) is 1.80. The van der Waals surface area contributed by atoms with Gasteiger partial charge in [-0.3, -0.25) is 4.79 Å². The van der Waals surface area contributed by atoms with Gasteiger partial charge in [-0.15, -0.1) is 0 Å². The lowest BCUT2D eigenvalue weighted by Crippen LogP contribution is -2.01. The average molecular weight is 209 g/mol. The van der Waals surface area contributed by atoms with Crippen molar-refractivity contribution in [1.82, 2.24) is 0 Å². The molecule has 0 bridgehead atoms. The highest BCUT2D eigenvalue weighted by molar-refractivity contribution is 6.31. The summed E-state index contributed by atoms with van der Waals surface area (Å²) in [6.07, 6.45) is 1.76. The maximum absolute atomic E-state index is 11.0. The first-order chi connectivity index (χ1) is 6.74. The van der Waals surface area contributed by atoms with Gasteiger partial charge in [-0.05, 0) is 18.1 Å². The summed E-state index contributed by atoms with van der Waals surface area (Å²) in [4.78, 5) is 13.6. The van der Waals surface area contributed by atoms with Crippen LogP contribution in [0.4, 0.5) is 0 Å². The van der Waals surface area contributed by atoms with Gasteiger partial charge in [-0.1, -0.05) is 29.8 Å². The first kappa shape index (κ1) is 10.6. The second-order valence-corrected chi connectivity index (χ2v) is 3.21. The number of nitrogens with zero attached hydrogens (tertiary/aromatic N) is 2. The van der Waals surface area contributed by atoms with Crippen LogP contribution in [-0.2, 0) is 11.2 Å². The monoisotopic (exact) mass is 208 g/mol. The normalized spacial score (nSPS) is 9.21. The van der Waals surface area contributed by atoms with Crippen LogP contribution in [-0.4, -0.2) is 16.8 Å². The molecule has 0 fully saturated rings. The number of halogens is 1. The van der Waals surface area contributed by atoms with E-state index in [0.717, 1.165) is 11.8 Å². The highest BCUT2D eigenvalue weighted by atomic mass is 35.5. The molecular weight excluding hydrogens is 200 g/mol. The van der Waals surface area contributed by atoms with Gasteiger partial charge in [0.1, 0.15) is 0 Å². The van der Waals surface area contributed by atoms with E-state index >= 15 is 0 Å². The van der Waals surface area contributed by atoms with E-state index in [4.69, 9.17) is 17.1 Å². The Bertz CT molecular complexity index is 383. The van der Waals surface area contributed by atoms with E-state index in [9.17, 15) is 4.79 Å². The van der Waals surface area contributed by atoms with Gasteiger partial charge in [0.25, 0.3) is 0 Å². The molecule has 4 heteroatoms. The molecular formula is C10H9ClN2O. The average Bonchev–Trinajstić information content (AvgIpc) is 2.17. The Hall–Kier alpha value is -1.44. The Morgan fingerprint density at radius 2 is 2.21 bits per heavy atom. The molecule has 0 aliphatic carbocycles. The molecule has 0 amide bonds. The highest BCUT2D eigenvalue weighted by Gasteiger charge is 2.05. The van der Waals surface area contributed by atoms with Crippen molar-refractivity contribution in [3.8, 4) is 0 Å². The molecule has 72 valence electrons. The van der Waals surface area contributed by atoms with Crippen LogP contribution in [0.15, 0.2) is 24.3 Å². The van der Waals surface area contributed by atoms with Gasteiger partial charge in [0.15, 0.2) is 0 Å². The molecule has 0 aliphatic rings. The van der Waals surface area contributed by atoms with Crippen LogP contribution in [0.1, 0.15) is 12.0 Å². The maximum atomic E-state index is 11.0. The summed E-state index contributed by atoms with van der Waals surface area (Å²) < 4.78 is 0. The minimum absolute atomic E-state index is 0.215. The van der Waals surface area contributed by atoms with Crippen molar-refractivity contribution in [2.24, 2.45) is 0 Å². The predicted molar refractivity (Wildman–Crippen MR) is 54.5 cm³/mol. The van der Waals surface area contributed by atoms with Gasteiger partial charge in [0.2, 0.25) is 5.78 Å². The summed E-state index contributed by atoms with van der Waals surface area (Å²) in [7, 11) is 0. The Kier molecular flexibility index (Phi) is 4.05. The number of ketones is 1. The van der Waals surface area contributed by atoms with E-state index in [2.05, 4.69) is 4.79 Å². The zero-order valence-electron chi connectivity index (χ0n) is 7.48. The Balaban J connectivity index is 2.58. The topological polar surface area (TPSA) is 53.5 Å². The third kappa shape index (κ3) is 3.13. The lowest BCUT2D eigenvalue weighted by molar-refractivity contribution is -0.116. The molecule has 0 unspecified atom stereocenters. The minimum atomic E-state index is -0.215. The van der Waals surface area contributed by atoms with Crippen molar-refractivity contribution >= 4 is 23.6 Å². The largest absolute Gasteiger partial charge is 0.361 e. The Morgan fingerprint density at radius 3 is 2.86 bits per heavy atom. The zero-order chi connectivity index (χ0) is 10.4. The quantitative estimate of drug-likeness (QED) is 0.425. The van der Waals surface area contributed by atoms with E-state index in [1.807, 2.05) is 18.2 Å². The van der Waals surface area contributed by atoms with Crippen LogP contribution in [0, 0.1) is 0 Å². The molecule has 0 saturated carbocycles. The van der Waals surface area contributed by atoms with Crippen LogP contribution in [0.2, 0.25) is 5.02 Å². The molecule has 0 atom stereocenters. The number of carbonyl (C=O) groups excluding carboxylic acids is 1. The van der Waals surface area contributed by atoms with Gasteiger partial charge in [-0.25, -0.2) is 0 Å². The SMILES string of the molecule is [N-]=[N+]=CC(=O)CCc1ccccc1Cl. The van der Waals surface area contributed by atoms with E-state index in [1.54, 1.807) is 6.07 Å². The van der Waals surface area contributed by atoms with E-state index in [0.29, 0.717) is 17.9 Å². The highest BCUT2D eigenvalue weighted by Crippen LogP contribution is 2.16.